The monoisotopic (exact) mass is 336 g/mol. The van der Waals surface area contributed by atoms with Crippen molar-refractivity contribution >= 4 is 35.0 Å². The van der Waals surface area contributed by atoms with Gasteiger partial charge in [-0.25, -0.2) is 4.79 Å². The topological polar surface area (TPSA) is 43.4 Å². The van der Waals surface area contributed by atoms with E-state index < -0.39 is 5.97 Å². The molecule has 0 atom stereocenters. The van der Waals surface area contributed by atoms with Gasteiger partial charge in [-0.05, 0) is 30.7 Å². The third-order valence-corrected chi connectivity index (χ3v) is 3.82. The average molecular weight is 337 g/mol. The molecule has 0 amide bonds. The Kier molecular flexibility index (Phi) is 5.58. The lowest BCUT2D eigenvalue weighted by Crippen LogP contribution is -2.12. The Morgan fingerprint density at radius 2 is 1.73 bits per heavy atom. The third-order valence-electron chi connectivity index (χ3n) is 3.03. The SMILES string of the molecule is CCCC(=O)c1ccc(Cl)c(Cl)c1OC(=O)c1ccccc1. The summed E-state index contributed by atoms with van der Waals surface area (Å²) in [6.07, 6.45) is 1.03. The Hall–Kier alpha value is -1.84. The fourth-order valence-corrected chi connectivity index (χ4v) is 2.29. The van der Waals surface area contributed by atoms with Gasteiger partial charge in [0.2, 0.25) is 0 Å². The molecular formula is C17H14Cl2O3. The van der Waals surface area contributed by atoms with Gasteiger partial charge in [0.05, 0.1) is 16.1 Å². The Labute approximate surface area is 138 Å². The summed E-state index contributed by atoms with van der Waals surface area (Å²) in [6.45, 7) is 1.89. The molecule has 0 saturated carbocycles. The molecule has 2 aromatic carbocycles. The van der Waals surface area contributed by atoms with Crippen LogP contribution in [0.4, 0.5) is 0 Å². The number of esters is 1. The minimum absolute atomic E-state index is 0.0152. The van der Waals surface area contributed by atoms with E-state index in [4.69, 9.17) is 27.9 Å². The molecular weight excluding hydrogens is 323 g/mol. The lowest BCUT2D eigenvalue weighted by atomic mass is 10.1. The Balaban J connectivity index is 2.38. The average Bonchev–Trinajstić information content (AvgIpc) is 2.53. The summed E-state index contributed by atoms with van der Waals surface area (Å²) in [5, 5.41) is 0.290. The second kappa shape index (κ2) is 7.43. The van der Waals surface area contributed by atoms with E-state index in [0.717, 1.165) is 0 Å². The van der Waals surface area contributed by atoms with Crippen LogP contribution in [0.3, 0.4) is 0 Å². The number of carbonyl (C=O) groups is 2. The highest BCUT2D eigenvalue weighted by molar-refractivity contribution is 6.43. The first-order valence-corrected chi connectivity index (χ1v) is 7.58. The molecule has 0 fully saturated rings. The zero-order valence-electron chi connectivity index (χ0n) is 11.9. The van der Waals surface area contributed by atoms with Crippen LogP contribution in [0.1, 0.15) is 40.5 Å². The molecule has 0 aliphatic heterocycles. The molecule has 0 unspecified atom stereocenters. The molecule has 5 heteroatoms. The number of rotatable bonds is 5. The fourth-order valence-electron chi connectivity index (χ4n) is 1.94. The number of ether oxygens (including phenoxy) is 1. The first-order chi connectivity index (χ1) is 10.5. The van der Waals surface area contributed by atoms with E-state index in [1.807, 2.05) is 6.92 Å². The second-order valence-electron chi connectivity index (χ2n) is 4.67. The van der Waals surface area contributed by atoms with Crippen LogP contribution in [0.15, 0.2) is 42.5 Å². The molecule has 2 aromatic rings. The fraction of sp³-hybridized carbons (Fsp3) is 0.176. The molecule has 3 nitrogen and oxygen atoms in total. The van der Waals surface area contributed by atoms with Crippen molar-refractivity contribution in [3.63, 3.8) is 0 Å². The van der Waals surface area contributed by atoms with Gasteiger partial charge >= 0.3 is 5.97 Å². The molecule has 0 N–H and O–H groups in total. The van der Waals surface area contributed by atoms with Crippen LogP contribution >= 0.6 is 23.2 Å². The molecule has 22 heavy (non-hydrogen) atoms. The van der Waals surface area contributed by atoms with Crippen LogP contribution in [-0.4, -0.2) is 11.8 Å². The zero-order valence-corrected chi connectivity index (χ0v) is 13.4. The van der Waals surface area contributed by atoms with E-state index in [1.54, 1.807) is 30.3 Å². The highest BCUT2D eigenvalue weighted by Gasteiger charge is 2.20. The van der Waals surface area contributed by atoms with E-state index >= 15 is 0 Å². The third kappa shape index (κ3) is 3.67. The summed E-state index contributed by atoms with van der Waals surface area (Å²) in [7, 11) is 0. The van der Waals surface area contributed by atoms with Gasteiger partial charge < -0.3 is 4.74 Å². The molecule has 0 heterocycles. The van der Waals surface area contributed by atoms with Crippen LogP contribution in [-0.2, 0) is 0 Å². The van der Waals surface area contributed by atoms with Crippen molar-refractivity contribution < 1.29 is 14.3 Å². The Bertz CT molecular complexity index is 697. The predicted molar refractivity (Wildman–Crippen MR) is 87.1 cm³/mol. The van der Waals surface area contributed by atoms with Gasteiger partial charge in [-0.1, -0.05) is 48.3 Å². The first kappa shape index (κ1) is 16.5. The Morgan fingerprint density at radius 1 is 1.05 bits per heavy atom. The molecule has 2 rings (SSSR count). The minimum atomic E-state index is -0.588. The lowest BCUT2D eigenvalue weighted by molar-refractivity contribution is 0.0732. The zero-order chi connectivity index (χ0) is 16.1. The molecule has 0 radical (unpaired) electrons. The van der Waals surface area contributed by atoms with E-state index in [-0.39, 0.29) is 27.1 Å². The van der Waals surface area contributed by atoms with Crippen molar-refractivity contribution in [2.24, 2.45) is 0 Å². The molecule has 0 aliphatic carbocycles. The minimum Gasteiger partial charge on any atom is -0.420 e. The van der Waals surface area contributed by atoms with Gasteiger partial charge in [-0.3, -0.25) is 4.79 Å². The van der Waals surface area contributed by atoms with E-state index in [9.17, 15) is 9.59 Å². The highest BCUT2D eigenvalue weighted by Crippen LogP contribution is 2.36. The number of halogens is 2. The summed E-state index contributed by atoms with van der Waals surface area (Å²) < 4.78 is 5.33. The van der Waals surface area contributed by atoms with Gasteiger partial charge in [0.15, 0.2) is 11.5 Å². The van der Waals surface area contributed by atoms with Crippen molar-refractivity contribution in [1.82, 2.24) is 0 Å². The van der Waals surface area contributed by atoms with Gasteiger partial charge in [0.25, 0.3) is 0 Å². The van der Waals surface area contributed by atoms with Gasteiger partial charge in [0, 0.05) is 6.42 Å². The molecule has 114 valence electrons. The first-order valence-electron chi connectivity index (χ1n) is 6.83. The largest absolute Gasteiger partial charge is 0.420 e. The number of ketones is 1. The summed E-state index contributed by atoms with van der Waals surface area (Å²) >= 11 is 12.1. The van der Waals surface area contributed by atoms with Crippen molar-refractivity contribution in [1.29, 1.82) is 0 Å². The van der Waals surface area contributed by atoms with Crippen LogP contribution in [0, 0.1) is 0 Å². The molecule has 0 aromatic heterocycles. The van der Waals surface area contributed by atoms with E-state index in [2.05, 4.69) is 0 Å². The van der Waals surface area contributed by atoms with E-state index in [1.165, 1.54) is 12.1 Å². The summed E-state index contributed by atoms with van der Waals surface area (Å²) in [4.78, 5) is 24.3. The summed E-state index contributed by atoms with van der Waals surface area (Å²) in [5.74, 6) is -0.714. The number of hydrogen-bond donors (Lipinski definition) is 0. The number of Topliss-reactive ketones (excluding diaryl/α,β-unsaturated/α-hetero) is 1. The standard InChI is InChI=1S/C17H14Cl2O3/c1-2-6-14(20)12-9-10-13(18)15(19)16(12)22-17(21)11-7-4-3-5-8-11/h3-5,7-10H,2,6H2,1H3. The Morgan fingerprint density at radius 3 is 2.36 bits per heavy atom. The van der Waals surface area contributed by atoms with Crippen LogP contribution in [0.25, 0.3) is 0 Å². The molecule has 0 spiro atoms. The maximum atomic E-state index is 12.2. The quantitative estimate of drug-likeness (QED) is 0.428. The molecule has 0 aliphatic rings. The number of benzene rings is 2. The van der Waals surface area contributed by atoms with Gasteiger partial charge in [-0.2, -0.15) is 0 Å². The van der Waals surface area contributed by atoms with Crippen molar-refractivity contribution in [3.05, 3.63) is 63.6 Å². The number of carbonyl (C=O) groups excluding carboxylic acids is 2. The van der Waals surface area contributed by atoms with Crippen molar-refractivity contribution in [2.75, 3.05) is 0 Å². The molecule has 0 bridgehead atoms. The van der Waals surface area contributed by atoms with Crippen molar-refractivity contribution in [3.8, 4) is 5.75 Å². The maximum absolute atomic E-state index is 12.2. The predicted octanol–water partition coefficient (Wildman–Crippen LogP) is 5.20. The second-order valence-corrected chi connectivity index (χ2v) is 5.45. The summed E-state index contributed by atoms with van der Waals surface area (Å²) in [5.41, 5.74) is 0.632. The van der Waals surface area contributed by atoms with E-state index in [0.29, 0.717) is 18.4 Å². The normalized spacial score (nSPS) is 10.3. The van der Waals surface area contributed by atoms with Crippen molar-refractivity contribution in [2.45, 2.75) is 19.8 Å². The van der Waals surface area contributed by atoms with Crippen LogP contribution in [0.2, 0.25) is 10.0 Å². The smallest absolute Gasteiger partial charge is 0.343 e. The maximum Gasteiger partial charge on any atom is 0.343 e. The summed E-state index contributed by atoms with van der Waals surface area (Å²) in [6, 6.07) is 11.5. The number of hydrogen-bond acceptors (Lipinski definition) is 3. The molecule has 0 saturated heterocycles. The highest BCUT2D eigenvalue weighted by atomic mass is 35.5. The van der Waals surface area contributed by atoms with Crippen LogP contribution < -0.4 is 4.74 Å². The van der Waals surface area contributed by atoms with Gasteiger partial charge in [-0.15, -0.1) is 0 Å². The van der Waals surface area contributed by atoms with Crippen LogP contribution in [0.5, 0.6) is 5.75 Å². The lowest BCUT2D eigenvalue weighted by Gasteiger charge is -2.12. The van der Waals surface area contributed by atoms with Gasteiger partial charge in [0.1, 0.15) is 5.02 Å².